The molecule has 12 heteroatoms. The molecule has 0 unspecified atom stereocenters. The highest BCUT2D eigenvalue weighted by Gasteiger charge is 2.10. The Morgan fingerprint density at radius 3 is 1.79 bits per heavy atom. The number of halogens is 2. The van der Waals surface area contributed by atoms with Crippen LogP contribution in [0.1, 0.15) is 22.3 Å². The van der Waals surface area contributed by atoms with Crippen LogP contribution in [0.2, 0.25) is 10.0 Å². The average Bonchev–Trinajstić information content (AvgIpc) is 3.04. The lowest BCUT2D eigenvalue weighted by molar-refractivity contribution is 0.987. The molecule has 2 aromatic heterocycles. The van der Waals surface area contributed by atoms with E-state index in [1.54, 1.807) is 0 Å². The first kappa shape index (κ1) is 29.2. The molecule has 10 nitrogen and oxygen atoms in total. The van der Waals surface area contributed by atoms with Crippen molar-refractivity contribution < 1.29 is 0 Å². The van der Waals surface area contributed by atoms with E-state index in [-0.39, 0.29) is 10.0 Å². The molecule has 5 rings (SSSR count). The number of aromatic nitrogens is 4. The molecule has 5 aromatic rings. The second-order valence-electron chi connectivity index (χ2n) is 9.07. The number of aromatic amines is 2. The zero-order valence-corrected chi connectivity index (χ0v) is 24.0. The molecule has 0 fully saturated rings. The van der Waals surface area contributed by atoms with Gasteiger partial charge in [0, 0.05) is 16.7 Å². The fraction of sp³-hybridized carbons (Fsp3) is 0.0323. The summed E-state index contributed by atoms with van der Waals surface area (Å²) in [6, 6.07) is 27.3. The number of hydrazone groups is 2. The van der Waals surface area contributed by atoms with Crippen molar-refractivity contribution >= 4 is 46.0 Å². The molecule has 3 aromatic carbocycles. The van der Waals surface area contributed by atoms with Gasteiger partial charge in [-0.3, -0.25) is 20.4 Å². The van der Waals surface area contributed by atoms with Crippen LogP contribution < -0.4 is 22.0 Å². The lowest BCUT2D eigenvalue weighted by Gasteiger charge is -2.10. The first-order valence-corrected chi connectivity index (χ1v) is 13.8. The van der Waals surface area contributed by atoms with Gasteiger partial charge in [-0.15, -0.1) is 0 Å². The Morgan fingerprint density at radius 1 is 0.698 bits per heavy atom. The highest BCUT2D eigenvalue weighted by atomic mass is 35.5. The minimum absolute atomic E-state index is 0.0268. The molecule has 0 aliphatic carbocycles. The van der Waals surface area contributed by atoms with Crippen molar-refractivity contribution in [3.63, 3.8) is 0 Å². The number of H-pyrrole nitrogens is 2. The van der Waals surface area contributed by atoms with Crippen LogP contribution >= 0.6 is 23.2 Å². The lowest BCUT2D eigenvalue weighted by atomic mass is 10.00. The van der Waals surface area contributed by atoms with Crippen LogP contribution in [0.15, 0.2) is 129 Å². The van der Waals surface area contributed by atoms with Crippen LogP contribution in [0.4, 0.5) is 11.4 Å². The fourth-order valence-corrected chi connectivity index (χ4v) is 4.23. The van der Waals surface area contributed by atoms with E-state index in [4.69, 9.17) is 23.2 Å². The summed E-state index contributed by atoms with van der Waals surface area (Å²) in [5.74, 6) is 0. The Balaban J connectivity index is 1.36. The maximum absolute atomic E-state index is 11.8. The zero-order valence-electron chi connectivity index (χ0n) is 22.5. The van der Waals surface area contributed by atoms with Gasteiger partial charge in [0.05, 0.1) is 23.8 Å². The van der Waals surface area contributed by atoms with Crippen molar-refractivity contribution in [3.05, 3.63) is 162 Å². The first-order chi connectivity index (χ1) is 21.0. The average molecular weight is 611 g/mol. The van der Waals surface area contributed by atoms with E-state index in [0.29, 0.717) is 29.2 Å². The third-order valence-electron chi connectivity index (χ3n) is 6.15. The van der Waals surface area contributed by atoms with Gasteiger partial charge in [0.1, 0.15) is 21.4 Å². The van der Waals surface area contributed by atoms with Crippen LogP contribution in [-0.2, 0) is 6.42 Å². The highest BCUT2D eigenvalue weighted by molar-refractivity contribution is 6.33. The molecule has 0 amide bonds. The predicted octanol–water partition coefficient (Wildman–Crippen LogP) is 5.64. The van der Waals surface area contributed by atoms with Crippen molar-refractivity contribution in [2.24, 2.45) is 10.2 Å². The molecule has 0 atom stereocenters. The number of nitrogens with zero attached hydrogens (tertiary/aromatic N) is 4. The van der Waals surface area contributed by atoms with Gasteiger partial charge in [-0.1, -0.05) is 114 Å². The van der Waals surface area contributed by atoms with Crippen molar-refractivity contribution in [2.75, 3.05) is 10.9 Å². The summed E-state index contributed by atoms with van der Waals surface area (Å²) in [4.78, 5) is 23.6. The Hall–Kier alpha value is -5.32. The van der Waals surface area contributed by atoms with Gasteiger partial charge < -0.3 is 0 Å². The van der Waals surface area contributed by atoms with Crippen LogP contribution in [0.25, 0.3) is 0 Å². The van der Waals surface area contributed by atoms with Crippen molar-refractivity contribution in [1.29, 1.82) is 0 Å². The second kappa shape index (κ2) is 14.0. The van der Waals surface area contributed by atoms with Crippen molar-refractivity contribution in [2.45, 2.75) is 6.42 Å². The monoisotopic (exact) mass is 610 g/mol. The maximum Gasteiger partial charge on any atom is 0.285 e. The molecule has 43 heavy (non-hydrogen) atoms. The zero-order chi connectivity index (χ0) is 30.0. The summed E-state index contributed by atoms with van der Waals surface area (Å²) < 4.78 is 0. The molecule has 0 saturated carbocycles. The number of rotatable bonds is 10. The van der Waals surface area contributed by atoms with Crippen LogP contribution in [0.3, 0.4) is 0 Å². The van der Waals surface area contributed by atoms with Gasteiger partial charge in [-0.05, 0) is 18.1 Å². The molecular formula is C31H24Cl2N8O2. The van der Waals surface area contributed by atoms with Crippen molar-refractivity contribution in [3.8, 4) is 0 Å². The van der Waals surface area contributed by atoms with Gasteiger partial charge in [-0.25, -0.2) is 10.2 Å². The number of hydrogen-bond donors (Lipinski definition) is 4. The molecule has 0 saturated heterocycles. The standard InChI is InChI=1S/C31H24Cl2N8O2/c32-27-25(18-34-40-30(27)42)37-36-24(21-9-3-1-4-10-21)13-7-8-20-14-16-23(17-15-20)29(22-11-5-2-6-12-22)39-38-26-19-35-41-31(43)28(26)33/h1-7,9-19H,8H2,(H2,37,40,42)(H2,38,41,43). The smallest absolute Gasteiger partial charge is 0.275 e. The summed E-state index contributed by atoms with van der Waals surface area (Å²) in [6.07, 6.45) is 7.32. The second-order valence-corrected chi connectivity index (χ2v) is 9.83. The number of nitrogens with one attached hydrogen (secondary N) is 4. The lowest BCUT2D eigenvalue weighted by Crippen LogP contribution is -2.12. The third-order valence-corrected chi connectivity index (χ3v) is 6.90. The summed E-state index contributed by atoms with van der Waals surface area (Å²) in [5, 5.41) is 21.1. The normalized spacial score (nSPS) is 12.0. The molecule has 4 N–H and O–H groups in total. The van der Waals surface area contributed by atoms with Crippen LogP contribution in [0, 0.1) is 0 Å². The maximum atomic E-state index is 11.8. The van der Waals surface area contributed by atoms with E-state index < -0.39 is 11.1 Å². The topological polar surface area (TPSA) is 140 Å². The van der Waals surface area contributed by atoms with Gasteiger partial charge in [-0.2, -0.15) is 20.4 Å². The van der Waals surface area contributed by atoms with Gasteiger partial charge in [0.15, 0.2) is 0 Å². The minimum Gasteiger partial charge on any atom is -0.275 e. The van der Waals surface area contributed by atoms with E-state index in [1.807, 2.05) is 97.1 Å². The third kappa shape index (κ3) is 7.50. The SMILES string of the molecule is O=c1[nH]ncc(NN=C(C=CCc2ccc(C(=NNc3cn[nH]c(=O)c3Cl)c3ccccc3)cc2)c2ccccc2)c1Cl. The van der Waals surface area contributed by atoms with Crippen LogP contribution in [-0.4, -0.2) is 31.8 Å². The largest absolute Gasteiger partial charge is 0.285 e. The van der Waals surface area contributed by atoms with E-state index in [2.05, 4.69) is 41.4 Å². The van der Waals surface area contributed by atoms with E-state index >= 15 is 0 Å². The molecular weight excluding hydrogens is 587 g/mol. The predicted molar refractivity (Wildman–Crippen MR) is 171 cm³/mol. The van der Waals surface area contributed by atoms with Crippen molar-refractivity contribution in [1.82, 2.24) is 20.4 Å². The number of anilines is 2. The Kier molecular flexibility index (Phi) is 9.53. The molecule has 0 spiro atoms. The molecule has 214 valence electrons. The summed E-state index contributed by atoms with van der Waals surface area (Å²) in [6.45, 7) is 0. The Labute approximate surface area is 255 Å². The van der Waals surface area contributed by atoms with Crippen LogP contribution in [0.5, 0.6) is 0 Å². The number of benzene rings is 3. The summed E-state index contributed by atoms with van der Waals surface area (Å²) >= 11 is 12.2. The molecule has 0 aliphatic heterocycles. The molecule has 0 bridgehead atoms. The van der Waals surface area contributed by atoms with E-state index in [9.17, 15) is 9.59 Å². The quantitative estimate of drug-likeness (QED) is 0.119. The Bertz CT molecular complexity index is 1900. The van der Waals surface area contributed by atoms with Gasteiger partial charge in [0.25, 0.3) is 11.1 Å². The molecule has 2 heterocycles. The highest BCUT2D eigenvalue weighted by Crippen LogP contribution is 2.18. The molecule has 0 radical (unpaired) electrons. The first-order valence-electron chi connectivity index (χ1n) is 13.0. The van der Waals surface area contributed by atoms with Gasteiger partial charge in [0.2, 0.25) is 0 Å². The van der Waals surface area contributed by atoms with Gasteiger partial charge >= 0.3 is 0 Å². The fourth-order valence-electron chi connectivity index (χ4n) is 3.96. The van der Waals surface area contributed by atoms with E-state index in [0.717, 1.165) is 22.3 Å². The van der Waals surface area contributed by atoms with E-state index in [1.165, 1.54) is 12.4 Å². The summed E-state index contributed by atoms with van der Waals surface area (Å²) in [7, 11) is 0. The number of hydrogen-bond acceptors (Lipinski definition) is 8. The minimum atomic E-state index is -0.507. The number of allylic oxidation sites excluding steroid dienone is 2. The summed E-state index contributed by atoms with van der Waals surface area (Å²) in [5.41, 5.74) is 10.3. The molecule has 0 aliphatic rings. The Morgan fingerprint density at radius 2 is 1.21 bits per heavy atom.